The molecule has 2 aliphatic rings. The van der Waals surface area contributed by atoms with Crippen molar-refractivity contribution in [2.45, 2.75) is 57.2 Å². The number of aliphatic hydroxyl groups excluding tert-OH is 1. The van der Waals surface area contributed by atoms with Crippen LogP contribution in [0.1, 0.15) is 59.7 Å². The first-order valence-corrected chi connectivity index (χ1v) is 14.5. The summed E-state index contributed by atoms with van der Waals surface area (Å²) < 4.78 is 11.0. The van der Waals surface area contributed by atoms with Crippen LogP contribution in [0.25, 0.3) is 0 Å². The van der Waals surface area contributed by atoms with Gasteiger partial charge in [0.25, 0.3) is 5.91 Å². The highest BCUT2D eigenvalue weighted by Gasteiger charge is 2.47. The standard InChI is InChI=1S/C32H42N4O6/c1-32(30(38)33-2,31(39)34-42-28-7-4-5-21-41-28)35(3)29(37)27-16-14-25(15-17-27)9-8-24-10-12-26(13-11-24)23-36-18-6-20-40-22-19-36/h10-17,28,31,34,39H,4-7,18-23H2,1-3H3,(H,33,38). The summed E-state index contributed by atoms with van der Waals surface area (Å²) in [6.45, 7) is 6.54. The minimum absolute atomic E-state index is 0.352. The van der Waals surface area contributed by atoms with Gasteiger partial charge in [0, 0.05) is 70.1 Å². The number of carbonyl (C=O) groups is 2. The lowest BCUT2D eigenvalue weighted by Crippen LogP contribution is -2.67. The summed E-state index contributed by atoms with van der Waals surface area (Å²) in [6, 6.07) is 15.1. The molecule has 0 saturated carbocycles. The van der Waals surface area contributed by atoms with Gasteiger partial charge in [-0.05, 0) is 68.1 Å². The van der Waals surface area contributed by atoms with Gasteiger partial charge in [-0.2, -0.15) is 5.48 Å². The molecule has 0 bridgehead atoms. The SMILES string of the molecule is CNC(=O)C(C)(C(O)NOC1CCCCO1)N(C)C(=O)c1ccc(C#Cc2ccc(CN3CCCOCC3)cc2)cc1. The molecule has 0 aromatic heterocycles. The van der Waals surface area contributed by atoms with Gasteiger partial charge in [-0.25, -0.2) is 0 Å². The van der Waals surface area contributed by atoms with Crippen molar-refractivity contribution in [3.63, 3.8) is 0 Å². The highest BCUT2D eigenvalue weighted by atomic mass is 16.8. The zero-order valence-corrected chi connectivity index (χ0v) is 24.7. The van der Waals surface area contributed by atoms with Gasteiger partial charge >= 0.3 is 0 Å². The highest BCUT2D eigenvalue weighted by Crippen LogP contribution is 2.22. The van der Waals surface area contributed by atoms with E-state index in [2.05, 4.69) is 39.7 Å². The van der Waals surface area contributed by atoms with E-state index in [1.165, 1.54) is 31.5 Å². The maximum absolute atomic E-state index is 13.4. The number of hydrogen-bond acceptors (Lipinski definition) is 8. The van der Waals surface area contributed by atoms with E-state index in [4.69, 9.17) is 14.3 Å². The van der Waals surface area contributed by atoms with Crippen LogP contribution in [0.2, 0.25) is 0 Å². The molecule has 0 radical (unpaired) electrons. The maximum atomic E-state index is 13.4. The minimum atomic E-state index is -1.67. The van der Waals surface area contributed by atoms with Crippen LogP contribution in [0.15, 0.2) is 48.5 Å². The maximum Gasteiger partial charge on any atom is 0.254 e. The third-order valence-electron chi connectivity index (χ3n) is 7.83. The summed E-state index contributed by atoms with van der Waals surface area (Å²) in [6.07, 6.45) is 1.56. The van der Waals surface area contributed by atoms with E-state index in [1.54, 1.807) is 24.3 Å². The number of ether oxygens (including phenoxy) is 2. The van der Waals surface area contributed by atoms with Gasteiger partial charge in [0.1, 0.15) is 0 Å². The molecule has 4 rings (SSSR count). The number of rotatable bonds is 9. The fourth-order valence-corrected chi connectivity index (χ4v) is 4.92. The Morgan fingerprint density at radius 2 is 1.74 bits per heavy atom. The predicted molar refractivity (Wildman–Crippen MR) is 158 cm³/mol. The summed E-state index contributed by atoms with van der Waals surface area (Å²) in [5.41, 5.74) is 4.09. The number of hydroxylamine groups is 1. The first-order valence-electron chi connectivity index (χ1n) is 14.5. The molecular weight excluding hydrogens is 536 g/mol. The van der Waals surface area contributed by atoms with Gasteiger partial charge in [-0.3, -0.25) is 19.3 Å². The normalized spacial score (nSPS) is 19.9. The first-order chi connectivity index (χ1) is 20.3. The monoisotopic (exact) mass is 578 g/mol. The number of amides is 2. The quantitative estimate of drug-likeness (QED) is 0.236. The number of aliphatic hydroxyl groups is 1. The summed E-state index contributed by atoms with van der Waals surface area (Å²) >= 11 is 0. The third kappa shape index (κ3) is 8.16. The molecule has 3 unspecified atom stereocenters. The zero-order chi connectivity index (χ0) is 30.0. The molecule has 3 N–H and O–H groups in total. The molecule has 226 valence electrons. The number of nitrogens with one attached hydrogen (secondary N) is 2. The first kappa shape index (κ1) is 31.6. The number of hydrogen-bond donors (Lipinski definition) is 3. The van der Waals surface area contributed by atoms with E-state index < -0.39 is 29.9 Å². The van der Waals surface area contributed by atoms with Crippen molar-refractivity contribution in [2.75, 3.05) is 47.0 Å². The lowest BCUT2D eigenvalue weighted by molar-refractivity contribution is -0.231. The largest absolute Gasteiger partial charge is 0.380 e. The minimum Gasteiger partial charge on any atom is -0.380 e. The average molecular weight is 579 g/mol. The molecule has 2 aromatic carbocycles. The Balaban J connectivity index is 1.38. The lowest BCUT2D eigenvalue weighted by atomic mass is 9.95. The van der Waals surface area contributed by atoms with Crippen molar-refractivity contribution < 1.29 is 29.0 Å². The summed E-state index contributed by atoms with van der Waals surface area (Å²) in [5.74, 6) is 5.33. The van der Waals surface area contributed by atoms with Gasteiger partial charge in [0.2, 0.25) is 5.91 Å². The van der Waals surface area contributed by atoms with Crippen LogP contribution in [-0.4, -0.2) is 91.8 Å². The van der Waals surface area contributed by atoms with Crippen LogP contribution in [0, 0.1) is 11.8 Å². The topological polar surface area (TPSA) is 113 Å². The molecule has 2 saturated heterocycles. The van der Waals surface area contributed by atoms with Crippen molar-refractivity contribution in [1.82, 2.24) is 20.6 Å². The van der Waals surface area contributed by atoms with E-state index >= 15 is 0 Å². The fraction of sp³-hybridized carbons (Fsp3) is 0.500. The zero-order valence-electron chi connectivity index (χ0n) is 24.7. The average Bonchev–Trinajstić information content (AvgIpc) is 3.31. The van der Waals surface area contributed by atoms with E-state index in [1.807, 2.05) is 12.1 Å². The smallest absolute Gasteiger partial charge is 0.254 e. The van der Waals surface area contributed by atoms with E-state index in [-0.39, 0.29) is 0 Å². The Kier molecular flexibility index (Phi) is 11.5. The molecule has 42 heavy (non-hydrogen) atoms. The summed E-state index contributed by atoms with van der Waals surface area (Å²) in [4.78, 5) is 35.4. The van der Waals surface area contributed by atoms with Gasteiger partial charge in [0.15, 0.2) is 18.1 Å². The van der Waals surface area contributed by atoms with E-state index in [0.717, 1.165) is 63.2 Å². The number of likely N-dealkylation sites (N-methyl/N-ethyl adjacent to an activating group) is 2. The predicted octanol–water partition coefficient (Wildman–Crippen LogP) is 2.25. The van der Waals surface area contributed by atoms with E-state index in [0.29, 0.717) is 18.6 Å². The van der Waals surface area contributed by atoms with Crippen LogP contribution >= 0.6 is 0 Å². The number of nitrogens with zero attached hydrogens (tertiary/aromatic N) is 2. The second kappa shape index (κ2) is 15.3. The number of carbonyl (C=O) groups excluding carboxylic acids is 2. The van der Waals surface area contributed by atoms with Crippen molar-refractivity contribution in [3.8, 4) is 11.8 Å². The van der Waals surface area contributed by atoms with Gasteiger partial charge in [-0.1, -0.05) is 24.0 Å². The Hall–Kier alpha value is -3.30. The van der Waals surface area contributed by atoms with Crippen LogP contribution in [0.4, 0.5) is 0 Å². The van der Waals surface area contributed by atoms with Gasteiger partial charge < -0.3 is 24.8 Å². The van der Waals surface area contributed by atoms with Crippen LogP contribution < -0.4 is 10.8 Å². The molecular formula is C32H42N4O6. The van der Waals surface area contributed by atoms with Crippen LogP contribution in [0.5, 0.6) is 0 Å². The van der Waals surface area contributed by atoms with Crippen molar-refractivity contribution in [3.05, 3.63) is 70.8 Å². The molecule has 2 fully saturated rings. The Bertz CT molecular complexity index is 1230. The van der Waals surface area contributed by atoms with Gasteiger partial charge in [0.05, 0.1) is 6.61 Å². The van der Waals surface area contributed by atoms with Crippen LogP contribution in [0.3, 0.4) is 0 Å². The highest BCUT2D eigenvalue weighted by molar-refractivity contribution is 5.99. The molecule has 2 heterocycles. The number of benzene rings is 2. The molecule has 0 aliphatic carbocycles. The van der Waals surface area contributed by atoms with E-state index in [9.17, 15) is 14.7 Å². The molecule has 2 aromatic rings. The molecule has 2 amide bonds. The fourth-order valence-electron chi connectivity index (χ4n) is 4.92. The Labute approximate surface area is 248 Å². The van der Waals surface area contributed by atoms with Crippen molar-refractivity contribution in [2.24, 2.45) is 0 Å². The molecule has 0 spiro atoms. The van der Waals surface area contributed by atoms with Crippen LogP contribution in [-0.2, 0) is 25.7 Å². The second-order valence-electron chi connectivity index (χ2n) is 10.8. The molecule has 10 heteroatoms. The summed E-state index contributed by atoms with van der Waals surface area (Å²) in [5, 5.41) is 13.5. The van der Waals surface area contributed by atoms with Crippen molar-refractivity contribution in [1.29, 1.82) is 0 Å². The van der Waals surface area contributed by atoms with Gasteiger partial charge in [-0.15, -0.1) is 0 Å². The molecule has 3 atom stereocenters. The summed E-state index contributed by atoms with van der Waals surface area (Å²) in [7, 11) is 2.92. The lowest BCUT2D eigenvalue weighted by Gasteiger charge is -2.40. The van der Waals surface area contributed by atoms with Crippen molar-refractivity contribution >= 4 is 11.8 Å². The Morgan fingerprint density at radius 1 is 1.05 bits per heavy atom. The molecule has 2 aliphatic heterocycles. The molecule has 10 nitrogen and oxygen atoms in total. The Morgan fingerprint density at radius 3 is 2.38 bits per heavy atom. The second-order valence-corrected chi connectivity index (χ2v) is 10.8. The third-order valence-corrected chi connectivity index (χ3v) is 7.83.